The lowest BCUT2D eigenvalue weighted by Gasteiger charge is -2.50. The molecule has 3 fully saturated rings. The van der Waals surface area contributed by atoms with E-state index < -0.39 is 51.1 Å². The number of carbonyl (C=O) groups is 4. The van der Waals surface area contributed by atoms with Crippen LogP contribution < -0.4 is 9.64 Å². The zero-order valence-corrected chi connectivity index (χ0v) is 27.1. The minimum absolute atomic E-state index is 0.122. The van der Waals surface area contributed by atoms with Crippen LogP contribution in [0.2, 0.25) is 0 Å². The van der Waals surface area contributed by atoms with E-state index in [1.165, 1.54) is 18.0 Å². The largest absolute Gasteiger partial charge is 0.508 e. The van der Waals surface area contributed by atoms with Gasteiger partial charge in [-0.15, -0.1) is 23.2 Å². The van der Waals surface area contributed by atoms with Crippen LogP contribution in [0.4, 0.5) is 5.69 Å². The molecular formula is C34H27BrCl2N2O6. The summed E-state index contributed by atoms with van der Waals surface area (Å²) in [6, 6.07) is 21.1. The molecule has 11 heteroatoms. The number of nitrogens with zero attached hydrogens (tertiary/aromatic N) is 2. The number of alkyl halides is 2. The second kappa shape index (κ2) is 10.7. The molecule has 2 aliphatic heterocycles. The van der Waals surface area contributed by atoms with E-state index in [9.17, 15) is 24.3 Å². The van der Waals surface area contributed by atoms with Crippen LogP contribution in [0.5, 0.6) is 11.5 Å². The predicted octanol–water partition coefficient (Wildman–Crippen LogP) is 5.93. The van der Waals surface area contributed by atoms with Crippen molar-refractivity contribution in [2.24, 2.45) is 17.8 Å². The molecule has 6 atom stereocenters. The Bertz CT molecular complexity index is 1800. The molecule has 0 spiro atoms. The molecule has 3 aromatic carbocycles. The van der Waals surface area contributed by atoms with Crippen LogP contribution in [0.15, 0.2) is 88.9 Å². The Morgan fingerprint density at radius 1 is 0.933 bits per heavy atom. The smallest absolute Gasteiger partial charge is 0.253 e. The van der Waals surface area contributed by atoms with E-state index in [1.807, 2.05) is 36.4 Å². The molecule has 1 N–H and O–H groups in total. The average molecular weight is 710 g/mol. The third-order valence-electron chi connectivity index (χ3n) is 9.66. The van der Waals surface area contributed by atoms with E-state index >= 15 is 0 Å². The van der Waals surface area contributed by atoms with Gasteiger partial charge in [-0.2, -0.15) is 0 Å². The summed E-state index contributed by atoms with van der Waals surface area (Å²) in [5.74, 6) is -5.17. The number of halogens is 3. The van der Waals surface area contributed by atoms with Gasteiger partial charge < -0.3 is 9.84 Å². The van der Waals surface area contributed by atoms with Crippen molar-refractivity contribution in [1.82, 2.24) is 4.90 Å². The van der Waals surface area contributed by atoms with Gasteiger partial charge in [0.25, 0.3) is 11.8 Å². The maximum absolute atomic E-state index is 14.1. The van der Waals surface area contributed by atoms with Crippen LogP contribution in [0, 0.1) is 17.8 Å². The van der Waals surface area contributed by atoms with Gasteiger partial charge in [0.05, 0.1) is 17.5 Å². The number of hydrogen-bond acceptors (Lipinski definition) is 6. The fourth-order valence-corrected chi connectivity index (χ4v) is 8.81. The SMILES string of the molecule is CN1C(=O)[C@]2(Cl)C[C@@H]3C(=CC[C@@H]4C(=O)N(c5ccc(Br)cc5)C(=O)[C@@H]43)[C@H](c3ccc(OCc4ccccc4)cc3O)[C@]2(Cl)C1=O. The second-order valence-corrected chi connectivity index (χ2v) is 14.1. The first kappa shape index (κ1) is 30.0. The number of likely N-dealkylation sites (tertiary alicyclic amines) is 1. The molecule has 2 aliphatic carbocycles. The molecule has 0 unspecified atom stereocenters. The molecule has 4 aliphatic rings. The van der Waals surface area contributed by atoms with Crippen LogP contribution in [0.25, 0.3) is 0 Å². The van der Waals surface area contributed by atoms with Crippen molar-refractivity contribution in [3.63, 3.8) is 0 Å². The highest BCUT2D eigenvalue weighted by atomic mass is 79.9. The van der Waals surface area contributed by atoms with Crippen molar-refractivity contribution < 1.29 is 29.0 Å². The van der Waals surface area contributed by atoms with Gasteiger partial charge in [-0.3, -0.25) is 29.0 Å². The highest BCUT2D eigenvalue weighted by molar-refractivity contribution is 9.10. The third kappa shape index (κ3) is 4.31. The second-order valence-electron chi connectivity index (χ2n) is 12.0. The quantitative estimate of drug-likeness (QED) is 0.200. The number of carbonyl (C=O) groups excluding carboxylic acids is 4. The standard InChI is InChI=1S/C34H27BrCl2N2O6/c1-38-31(43)33(36)16-25-22(13-14-24-27(25)30(42)39(29(24)41)20-9-7-19(35)8-10-20)28(34(33,37)32(38)44)23-12-11-21(15-26(23)40)45-17-18-5-3-2-4-6-18/h2-13,15,24-25,27-28,40H,14,16-17H2,1H3/t24-,25+,27-,28+,33+,34-/m0/s1. The van der Waals surface area contributed by atoms with Gasteiger partial charge in [-0.1, -0.05) is 64.0 Å². The molecule has 230 valence electrons. The molecule has 0 aromatic heterocycles. The van der Waals surface area contributed by atoms with Gasteiger partial charge in [-0.05, 0) is 54.7 Å². The summed E-state index contributed by atoms with van der Waals surface area (Å²) in [6.45, 7) is 0.270. The third-order valence-corrected chi connectivity index (χ3v) is 11.6. The van der Waals surface area contributed by atoms with Crippen LogP contribution in [-0.2, 0) is 25.8 Å². The molecule has 3 aromatic rings. The molecule has 0 bridgehead atoms. The lowest BCUT2D eigenvalue weighted by Crippen LogP contribution is -2.60. The van der Waals surface area contributed by atoms with E-state index in [0.29, 0.717) is 17.0 Å². The van der Waals surface area contributed by atoms with Crippen LogP contribution in [0.3, 0.4) is 0 Å². The Hall–Kier alpha value is -3.66. The Balaban J connectivity index is 1.31. The summed E-state index contributed by atoms with van der Waals surface area (Å²) in [4.78, 5) is 53.4. The fraction of sp³-hybridized carbons (Fsp3) is 0.294. The van der Waals surface area contributed by atoms with Gasteiger partial charge in [0.15, 0.2) is 9.75 Å². The molecule has 4 amide bonds. The number of phenolic OH excluding ortho intramolecular Hbond substituents is 1. The summed E-state index contributed by atoms with van der Waals surface area (Å²) in [5, 5.41) is 11.4. The van der Waals surface area contributed by atoms with Crippen molar-refractivity contribution in [1.29, 1.82) is 0 Å². The monoisotopic (exact) mass is 708 g/mol. The van der Waals surface area contributed by atoms with Crippen molar-refractivity contribution >= 4 is 68.4 Å². The Morgan fingerprint density at radius 2 is 1.64 bits per heavy atom. The normalized spacial score (nSPS) is 30.6. The predicted molar refractivity (Wildman–Crippen MR) is 171 cm³/mol. The molecule has 7 rings (SSSR count). The number of rotatable bonds is 5. The minimum Gasteiger partial charge on any atom is -0.508 e. The maximum atomic E-state index is 14.1. The van der Waals surface area contributed by atoms with Crippen molar-refractivity contribution in [2.45, 2.75) is 35.1 Å². The van der Waals surface area contributed by atoms with E-state index in [4.69, 9.17) is 27.9 Å². The van der Waals surface area contributed by atoms with Gasteiger partial charge >= 0.3 is 0 Å². The lowest BCUT2D eigenvalue weighted by atomic mass is 9.56. The highest BCUT2D eigenvalue weighted by Crippen LogP contribution is 2.66. The zero-order valence-electron chi connectivity index (χ0n) is 24.0. The topological polar surface area (TPSA) is 104 Å². The number of amides is 4. The molecular weight excluding hydrogens is 683 g/mol. The molecule has 0 radical (unpaired) electrons. The molecule has 1 saturated carbocycles. The van der Waals surface area contributed by atoms with Gasteiger partial charge in [0.2, 0.25) is 11.8 Å². The van der Waals surface area contributed by atoms with Crippen LogP contribution in [-0.4, -0.2) is 50.4 Å². The lowest BCUT2D eigenvalue weighted by molar-refractivity contribution is -0.138. The number of fused-ring (bicyclic) bond motifs is 4. The molecule has 8 nitrogen and oxygen atoms in total. The number of anilines is 1. The number of phenols is 1. The highest BCUT2D eigenvalue weighted by Gasteiger charge is 2.76. The number of ether oxygens (including phenoxy) is 1. The van der Waals surface area contributed by atoms with E-state index in [0.717, 1.165) is 14.9 Å². The van der Waals surface area contributed by atoms with Gasteiger partial charge in [0.1, 0.15) is 18.1 Å². The van der Waals surface area contributed by atoms with Crippen molar-refractivity contribution in [2.75, 3.05) is 11.9 Å². The maximum Gasteiger partial charge on any atom is 0.253 e. The number of imide groups is 2. The Labute approximate surface area is 277 Å². The molecule has 45 heavy (non-hydrogen) atoms. The first-order chi connectivity index (χ1) is 21.5. The Kier molecular flexibility index (Phi) is 7.15. The summed E-state index contributed by atoms with van der Waals surface area (Å²) in [6.07, 6.45) is 1.94. The summed E-state index contributed by atoms with van der Waals surface area (Å²) in [7, 11) is 1.33. The summed E-state index contributed by atoms with van der Waals surface area (Å²) < 4.78 is 6.70. The van der Waals surface area contributed by atoms with Gasteiger partial charge in [0, 0.05) is 29.1 Å². The number of aromatic hydroxyl groups is 1. The summed E-state index contributed by atoms with van der Waals surface area (Å²) in [5.41, 5.74) is 2.26. The van der Waals surface area contributed by atoms with Gasteiger partial charge in [-0.25, -0.2) is 0 Å². The fourth-order valence-electron chi connectivity index (χ4n) is 7.53. The summed E-state index contributed by atoms with van der Waals surface area (Å²) >= 11 is 17.8. The van der Waals surface area contributed by atoms with Crippen LogP contribution >= 0.6 is 39.1 Å². The minimum atomic E-state index is -1.99. The van der Waals surface area contributed by atoms with Crippen LogP contribution in [0.1, 0.15) is 29.9 Å². The number of allylic oxidation sites excluding steroid dienone is 2. The average Bonchev–Trinajstić information content (AvgIpc) is 3.36. The van der Waals surface area contributed by atoms with E-state index in [-0.39, 0.29) is 36.7 Å². The number of benzene rings is 3. The zero-order chi connectivity index (χ0) is 31.8. The Morgan fingerprint density at radius 3 is 2.33 bits per heavy atom. The van der Waals surface area contributed by atoms with E-state index in [1.54, 1.807) is 36.4 Å². The first-order valence-corrected chi connectivity index (χ1v) is 16.1. The van der Waals surface area contributed by atoms with Crippen molar-refractivity contribution in [3.8, 4) is 11.5 Å². The van der Waals surface area contributed by atoms with Crippen molar-refractivity contribution in [3.05, 3.63) is 100 Å². The molecule has 2 heterocycles. The molecule has 2 saturated heterocycles. The number of hydrogen-bond donors (Lipinski definition) is 1. The van der Waals surface area contributed by atoms with E-state index in [2.05, 4.69) is 15.9 Å². The first-order valence-electron chi connectivity index (χ1n) is 14.5.